The molecular weight excluding hydrogens is 336 g/mol. The number of benzene rings is 1. The Bertz CT molecular complexity index is 735. The third-order valence-electron chi connectivity index (χ3n) is 5.41. The second-order valence-electron chi connectivity index (χ2n) is 6.79. The van der Waals surface area contributed by atoms with E-state index >= 15 is 0 Å². The maximum Gasteiger partial charge on any atom is 0.228 e. The minimum Gasteiger partial charge on any atom is -0.330 e. The van der Waals surface area contributed by atoms with Gasteiger partial charge >= 0.3 is 0 Å². The molecule has 134 valence electrons. The van der Waals surface area contributed by atoms with Crippen molar-refractivity contribution in [3.8, 4) is 0 Å². The fraction of sp³-hybridized carbons (Fsp3) is 0.474. The molecule has 1 aliphatic carbocycles. The van der Waals surface area contributed by atoms with E-state index in [1.165, 1.54) is 5.56 Å². The standard InChI is InChI=1S/C19H25ClN4O/c1-2-24-17(8-11-22-24)23-18(25)14-6-9-19(13-21,10-7-14)15-4-3-5-16(20)12-15/h3-5,8,11-12,14H,2,6-7,9-10,13,21H2,1H3,(H,23,25). The molecule has 1 aliphatic rings. The number of rotatable bonds is 5. The molecule has 3 rings (SSSR count). The van der Waals surface area contributed by atoms with E-state index in [0.29, 0.717) is 6.54 Å². The molecule has 1 amide bonds. The molecule has 0 saturated heterocycles. The van der Waals surface area contributed by atoms with Crippen LogP contribution in [-0.2, 0) is 16.8 Å². The van der Waals surface area contributed by atoms with Crippen LogP contribution in [0.5, 0.6) is 0 Å². The first kappa shape index (κ1) is 18.0. The number of aryl methyl sites for hydroxylation is 1. The molecule has 0 radical (unpaired) electrons. The van der Waals surface area contributed by atoms with Gasteiger partial charge in [0, 0.05) is 35.5 Å². The third kappa shape index (κ3) is 3.72. The fourth-order valence-electron chi connectivity index (χ4n) is 3.78. The molecule has 1 aromatic carbocycles. The van der Waals surface area contributed by atoms with E-state index in [0.717, 1.165) is 43.1 Å². The summed E-state index contributed by atoms with van der Waals surface area (Å²) in [5, 5.41) is 7.94. The van der Waals surface area contributed by atoms with Crippen LogP contribution in [0.4, 0.5) is 5.82 Å². The molecular formula is C19H25ClN4O. The molecule has 6 heteroatoms. The number of carbonyl (C=O) groups is 1. The largest absolute Gasteiger partial charge is 0.330 e. The molecule has 0 aliphatic heterocycles. The van der Waals surface area contributed by atoms with Gasteiger partial charge in [0.15, 0.2) is 0 Å². The highest BCUT2D eigenvalue weighted by Gasteiger charge is 2.38. The van der Waals surface area contributed by atoms with Crippen molar-refractivity contribution < 1.29 is 4.79 Å². The van der Waals surface area contributed by atoms with Crippen molar-refractivity contribution in [1.82, 2.24) is 9.78 Å². The first-order chi connectivity index (χ1) is 12.1. The topological polar surface area (TPSA) is 72.9 Å². The number of anilines is 1. The quantitative estimate of drug-likeness (QED) is 0.855. The van der Waals surface area contributed by atoms with Gasteiger partial charge < -0.3 is 11.1 Å². The van der Waals surface area contributed by atoms with Crippen LogP contribution in [-0.4, -0.2) is 22.2 Å². The van der Waals surface area contributed by atoms with Gasteiger partial charge in [-0.1, -0.05) is 23.7 Å². The summed E-state index contributed by atoms with van der Waals surface area (Å²) >= 11 is 6.16. The second-order valence-corrected chi connectivity index (χ2v) is 7.23. The van der Waals surface area contributed by atoms with E-state index in [1.54, 1.807) is 10.9 Å². The third-order valence-corrected chi connectivity index (χ3v) is 5.64. The van der Waals surface area contributed by atoms with Gasteiger partial charge in [0.25, 0.3) is 0 Å². The van der Waals surface area contributed by atoms with E-state index in [-0.39, 0.29) is 17.2 Å². The lowest BCUT2D eigenvalue weighted by Gasteiger charge is -2.39. The summed E-state index contributed by atoms with van der Waals surface area (Å²) in [5.41, 5.74) is 7.24. The molecule has 1 heterocycles. The number of hydrogen-bond acceptors (Lipinski definition) is 3. The van der Waals surface area contributed by atoms with Crippen LogP contribution in [0.25, 0.3) is 0 Å². The minimum atomic E-state index is -0.0765. The average molecular weight is 361 g/mol. The fourth-order valence-corrected chi connectivity index (χ4v) is 3.97. The highest BCUT2D eigenvalue weighted by molar-refractivity contribution is 6.30. The molecule has 0 unspecified atom stereocenters. The Kier molecular flexibility index (Phi) is 5.45. The first-order valence-electron chi connectivity index (χ1n) is 8.87. The van der Waals surface area contributed by atoms with Crippen LogP contribution in [0.1, 0.15) is 38.2 Å². The Hall–Kier alpha value is -1.85. The van der Waals surface area contributed by atoms with E-state index in [2.05, 4.69) is 16.5 Å². The Morgan fingerprint density at radius 1 is 1.40 bits per heavy atom. The summed E-state index contributed by atoms with van der Waals surface area (Å²) in [6.45, 7) is 3.31. The second kappa shape index (κ2) is 7.58. The van der Waals surface area contributed by atoms with Gasteiger partial charge in [0.1, 0.15) is 5.82 Å². The zero-order chi connectivity index (χ0) is 17.9. The van der Waals surface area contributed by atoms with E-state index in [9.17, 15) is 4.79 Å². The van der Waals surface area contributed by atoms with Crippen molar-refractivity contribution in [1.29, 1.82) is 0 Å². The Labute approximate surface area is 153 Å². The zero-order valence-corrected chi connectivity index (χ0v) is 15.3. The van der Waals surface area contributed by atoms with Crippen molar-refractivity contribution in [2.75, 3.05) is 11.9 Å². The Morgan fingerprint density at radius 3 is 2.80 bits per heavy atom. The SMILES string of the molecule is CCn1nccc1NC(=O)C1CCC(CN)(c2cccc(Cl)c2)CC1. The van der Waals surface area contributed by atoms with Crippen LogP contribution in [0, 0.1) is 5.92 Å². The lowest BCUT2D eigenvalue weighted by atomic mass is 9.66. The van der Waals surface area contributed by atoms with Crippen LogP contribution in [0.2, 0.25) is 5.02 Å². The van der Waals surface area contributed by atoms with Crippen LogP contribution >= 0.6 is 11.6 Å². The normalized spacial score (nSPS) is 23.4. The summed E-state index contributed by atoms with van der Waals surface area (Å²) in [4.78, 5) is 12.6. The predicted molar refractivity (Wildman–Crippen MR) is 101 cm³/mol. The van der Waals surface area contributed by atoms with Gasteiger partial charge in [-0.15, -0.1) is 0 Å². The molecule has 25 heavy (non-hydrogen) atoms. The zero-order valence-electron chi connectivity index (χ0n) is 14.5. The molecule has 1 fully saturated rings. The summed E-state index contributed by atoms with van der Waals surface area (Å²) in [6.07, 6.45) is 5.16. The van der Waals surface area contributed by atoms with Crippen molar-refractivity contribution in [2.45, 2.75) is 44.6 Å². The van der Waals surface area contributed by atoms with E-state index in [1.807, 2.05) is 31.2 Å². The van der Waals surface area contributed by atoms with Gasteiger partial charge in [-0.05, 0) is 50.3 Å². The number of halogens is 1. The minimum absolute atomic E-state index is 0.0130. The van der Waals surface area contributed by atoms with Crippen molar-refractivity contribution in [3.63, 3.8) is 0 Å². The summed E-state index contributed by atoms with van der Waals surface area (Å²) in [7, 11) is 0. The molecule has 2 aromatic rings. The summed E-state index contributed by atoms with van der Waals surface area (Å²) < 4.78 is 1.79. The van der Waals surface area contributed by atoms with E-state index < -0.39 is 0 Å². The smallest absolute Gasteiger partial charge is 0.228 e. The van der Waals surface area contributed by atoms with Crippen LogP contribution < -0.4 is 11.1 Å². The van der Waals surface area contributed by atoms with Gasteiger partial charge in [0.05, 0.1) is 6.20 Å². The van der Waals surface area contributed by atoms with E-state index in [4.69, 9.17) is 17.3 Å². The van der Waals surface area contributed by atoms with Gasteiger partial charge in [-0.25, -0.2) is 4.68 Å². The molecule has 0 atom stereocenters. The Balaban J connectivity index is 1.67. The highest BCUT2D eigenvalue weighted by Crippen LogP contribution is 2.41. The average Bonchev–Trinajstić information content (AvgIpc) is 3.09. The predicted octanol–water partition coefficient (Wildman–Crippen LogP) is 3.58. The van der Waals surface area contributed by atoms with Crippen molar-refractivity contribution in [3.05, 3.63) is 47.1 Å². The molecule has 5 nitrogen and oxygen atoms in total. The number of aromatic nitrogens is 2. The molecule has 0 spiro atoms. The molecule has 3 N–H and O–H groups in total. The molecule has 1 saturated carbocycles. The van der Waals surface area contributed by atoms with Gasteiger partial charge in [-0.2, -0.15) is 5.10 Å². The number of carbonyl (C=O) groups excluding carboxylic acids is 1. The van der Waals surface area contributed by atoms with Crippen molar-refractivity contribution >= 4 is 23.3 Å². The molecule has 1 aromatic heterocycles. The molecule has 0 bridgehead atoms. The van der Waals surface area contributed by atoms with Gasteiger partial charge in [-0.3, -0.25) is 4.79 Å². The number of nitrogens with one attached hydrogen (secondary N) is 1. The number of nitrogens with zero attached hydrogens (tertiary/aromatic N) is 2. The number of hydrogen-bond donors (Lipinski definition) is 2. The number of nitrogens with two attached hydrogens (primary N) is 1. The monoisotopic (exact) mass is 360 g/mol. The van der Waals surface area contributed by atoms with Crippen LogP contribution in [0.3, 0.4) is 0 Å². The maximum absolute atomic E-state index is 12.6. The highest BCUT2D eigenvalue weighted by atomic mass is 35.5. The lowest BCUT2D eigenvalue weighted by Crippen LogP contribution is -2.41. The maximum atomic E-state index is 12.6. The lowest BCUT2D eigenvalue weighted by molar-refractivity contribution is -0.121. The summed E-state index contributed by atoms with van der Waals surface area (Å²) in [6, 6.07) is 9.79. The van der Waals surface area contributed by atoms with Gasteiger partial charge in [0.2, 0.25) is 5.91 Å². The van der Waals surface area contributed by atoms with Crippen molar-refractivity contribution in [2.24, 2.45) is 11.7 Å². The Morgan fingerprint density at radius 2 is 2.16 bits per heavy atom. The first-order valence-corrected chi connectivity index (χ1v) is 9.24. The van der Waals surface area contributed by atoms with Crippen LogP contribution in [0.15, 0.2) is 36.5 Å². The number of amides is 1. The summed E-state index contributed by atoms with van der Waals surface area (Å²) in [5.74, 6) is 0.851.